The van der Waals surface area contributed by atoms with Crippen LogP contribution in [0.2, 0.25) is 0 Å². The second-order valence-corrected chi connectivity index (χ2v) is 8.24. The van der Waals surface area contributed by atoms with Crippen molar-refractivity contribution in [2.45, 2.75) is 79.3 Å². The van der Waals surface area contributed by atoms with Gasteiger partial charge in [0.05, 0.1) is 5.54 Å². The number of carbonyl (C=O) groups is 1. The summed E-state index contributed by atoms with van der Waals surface area (Å²) in [5.74, 6) is 0.118. The molecule has 1 aliphatic carbocycles. The molecule has 0 bridgehead atoms. The molecule has 2 N–H and O–H groups in total. The van der Waals surface area contributed by atoms with Gasteiger partial charge in [-0.1, -0.05) is 34.6 Å². The number of hydrogen-bond acceptors (Lipinski definition) is 2. The molecule has 1 fully saturated rings. The molecule has 1 saturated carbocycles. The van der Waals surface area contributed by atoms with E-state index in [2.05, 4.69) is 38.3 Å². The number of likely N-dealkylation sites (N-methyl/N-ethyl adjacent to an activating group) is 1. The fourth-order valence-electron chi connectivity index (χ4n) is 3.84. The van der Waals surface area contributed by atoms with Crippen molar-refractivity contribution in [3.05, 3.63) is 0 Å². The Balaban J connectivity index is 2.69. The maximum atomic E-state index is 12.4. The van der Waals surface area contributed by atoms with Crippen molar-refractivity contribution in [3.8, 4) is 0 Å². The average molecular weight is 268 g/mol. The van der Waals surface area contributed by atoms with Gasteiger partial charge in [0.25, 0.3) is 0 Å². The van der Waals surface area contributed by atoms with Crippen molar-refractivity contribution in [3.63, 3.8) is 0 Å². The highest BCUT2D eigenvalue weighted by Gasteiger charge is 2.40. The summed E-state index contributed by atoms with van der Waals surface area (Å²) in [6, 6.07) is 0.296. The zero-order valence-corrected chi connectivity index (χ0v) is 13.8. The zero-order valence-electron chi connectivity index (χ0n) is 13.8. The highest BCUT2D eigenvalue weighted by atomic mass is 16.2. The molecule has 1 aliphatic rings. The van der Waals surface area contributed by atoms with Gasteiger partial charge in [-0.2, -0.15) is 0 Å². The van der Waals surface area contributed by atoms with Crippen LogP contribution in [0.4, 0.5) is 0 Å². The molecule has 0 saturated heterocycles. The first kappa shape index (κ1) is 16.5. The van der Waals surface area contributed by atoms with Crippen LogP contribution < -0.4 is 10.6 Å². The summed E-state index contributed by atoms with van der Waals surface area (Å²) in [5, 5.41) is 6.49. The quantitative estimate of drug-likeness (QED) is 0.822. The summed E-state index contributed by atoms with van der Waals surface area (Å²) in [6.07, 6.45) is 3.37. The van der Waals surface area contributed by atoms with E-state index in [4.69, 9.17) is 0 Å². The van der Waals surface area contributed by atoms with Crippen LogP contribution in [0.25, 0.3) is 0 Å². The third-order valence-electron chi connectivity index (χ3n) is 4.08. The Morgan fingerprint density at radius 1 is 1.16 bits per heavy atom. The molecule has 0 heterocycles. The van der Waals surface area contributed by atoms with Gasteiger partial charge in [0.1, 0.15) is 0 Å². The molecule has 0 aromatic carbocycles. The van der Waals surface area contributed by atoms with Crippen LogP contribution >= 0.6 is 0 Å². The zero-order chi connectivity index (χ0) is 14.9. The molecule has 0 atom stereocenters. The Kier molecular flexibility index (Phi) is 4.71. The van der Waals surface area contributed by atoms with Crippen molar-refractivity contribution in [2.75, 3.05) is 6.54 Å². The summed E-state index contributed by atoms with van der Waals surface area (Å²) in [6.45, 7) is 16.0. The maximum Gasteiger partial charge on any atom is 0.239 e. The first-order valence-electron chi connectivity index (χ1n) is 7.53. The number of nitrogens with one attached hydrogen (secondary N) is 2. The van der Waals surface area contributed by atoms with Crippen molar-refractivity contribution in [2.24, 2.45) is 10.8 Å². The molecule has 3 heteroatoms. The Hall–Kier alpha value is -0.570. The molecule has 0 aliphatic heterocycles. The Morgan fingerprint density at radius 3 is 2.05 bits per heavy atom. The van der Waals surface area contributed by atoms with Gasteiger partial charge in [-0.3, -0.25) is 4.79 Å². The summed E-state index contributed by atoms with van der Waals surface area (Å²) in [4.78, 5) is 12.4. The van der Waals surface area contributed by atoms with E-state index in [0.29, 0.717) is 16.9 Å². The van der Waals surface area contributed by atoms with E-state index in [1.807, 2.05) is 20.8 Å². The van der Waals surface area contributed by atoms with E-state index in [0.717, 1.165) is 19.4 Å². The monoisotopic (exact) mass is 268 g/mol. The predicted octanol–water partition coefficient (Wildman–Crippen LogP) is 3.10. The van der Waals surface area contributed by atoms with Gasteiger partial charge in [0, 0.05) is 6.04 Å². The first-order chi connectivity index (χ1) is 8.47. The molecular formula is C16H32N2O. The largest absolute Gasteiger partial charge is 0.352 e. The number of hydrogen-bond donors (Lipinski definition) is 2. The Labute approximate surface area is 118 Å². The highest BCUT2D eigenvalue weighted by molar-refractivity contribution is 5.85. The topological polar surface area (TPSA) is 41.1 Å². The van der Waals surface area contributed by atoms with E-state index in [-0.39, 0.29) is 5.91 Å². The van der Waals surface area contributed by atoms with Gasteiger partial charge in [-0.25, -0.2) is 0 Å². The van der Waals surface area contributed by atoms with Crippen LogP contribution in [0.5, 0.6) is 0 Å². The number of amides is 1. The van der Waals surface area contributed by atoms with Gasteiger partial charge in [-0.05, 0) is 50.5 Å². The van der Waals surface area contributed by atoms with Crippen LogP contribution in [0.3, 0.4) is 0 Å². The molecule has 0 radical (unpaired) electrons. The van der Waals surface area contributed by atoms with E-state index in [1.165, 1.54) is 6.42 Å². The molecule has 112 valence electrons. The minimum atomic E-state index is -0.486. The predicted molar refractivity (Wildman–Crippen MR) is 81.1 cm³/mol. The lowest BCUT2D eigenvalue weighted by Gasteiger charge is -2.45. The van der Waals surface area contributed by atoms with Crippen LogP contribution in [-0.4, -0.2) is 24.0 Å². The van der Waals surface area contributed by atoms with Crippen LogP contribution in [0.1, 0.15) is 67.7 Å². The standard InChI is InChI=1S/C16H32N2O/c1-8-17-16(6,7)13(19)18-12-9-14(2,3)11-15(4,5)10-12/h12,17H,8-11H2,1-7H3,(H,18,19). The lowest BCUT2D eigenvalue weighted by atomic mass is 9.63. The molecule has 1 rings (SSSR count). The Bertz CT molecular complexity index is 316. The smallest absolute Gasteiger partial charge is 0.239 e. The average Bonchev–Trinajstić information content (AvgIpc) is 2.11. The van der Waals surface area contributed by atoms with E-state index in [9.17, 15) is 4.79 Å². The molecule has 1 amide bonds. The molecule has 3 nitrogen and oxygen atoms in total. The fourth-order valence-corrected chi connectivity index (χ4v) is 3.84. The summed E-state index contributed by atoms with van der Waals surface area (Å²) in [5.41, 5.74) is 0.129. The minimum Gasteiger partial charge on any atom is -0.352 e. The number of carbonyl (C=O) groups excluding carboxylic acids is 1. The lowest BCUT2D eigenvalue weighted by molar-refractivity contribution is -0.128. The molecule has 19 heavy (non-hydrogen) atoms. The Morgan fingerprint density at radius 2 is 1.63 bits per heavy atom. The summed E-state index contributed by atoms with van der Waals surface area (Å²) < 4.78 is 0. The van der Waals surface area contributed by atoms with Crippen molar-refractivity contribution < 1.29 is 4.79 Å². The second-order valence-electron chi connectivity index (χ2n) is 8.24. The number of rotatable bonds is 4. The molecule has 0 unspecified atom stereocenters. The van der Waals surface area contributed by atoms with Crippen LogP contribution in [0, 0.1) is 10.8 Å². The molecular weight excluding hydrogens is 236 g/mol. The summed E-state index contributed by atoms with van der Waals surface area (Å²) >= 11 is 0. The van der Waals surface area contributed by atoms with Crippen LogP contribution in [0.15, 0.2) is 0 Å². The highest BCUT2D eigenvalue weighted by Crippen LogP contribution is 2.45. The minimum absolute atomic E-state index is 0.118. The van der Waals surface area contributed by atoms with Crippen molar-refractivity contribution >= 4 is 5.91 Å². The van der Waals surface area contributed by atoms with Gasteiger partial charge < -0.3 is 10.6 Å². The van der Waals surface area contributed by atoms with Crippen molar-refractivity contribution in [1.82, 2.24) is 10.6 Å². The molecule has 0 spiro atoms. The van der Waals surface area contributed by atoms with E-state index in [1.54, 1.807) is 0 Å². The third-order valence-corrected chi connectivity index (χ3v) is 4.08. The van der Waals surface area contributed by atoms with Gasteiger partial charge in [0.2, 0.25) is 5.91 Å². The van der Waals surface area contributed by atoms with E-state index < -0.39 is 5.54 Å². The normalized spacial score (nSPS) is 23.1. The van der Waals surface area contributed by atoms with Crippen LogP contribution in [-0.2, 0) is 4.79 Å². The third kappa shape index (κ3) is 4.79. The second kappa shape index (κ2) is 5.43. The molecule has 0 aromatic rings. The maximum absolute atomic E-state index is 12.4. The van der Waals surface area contributed by atoms with Gasteiger partial charge in [0.15, 0.2) is 0 Å². The first-order valence-corrected chi connectivity index (χ1v) is 7.53. The fraction of sp³-hybridized carbons (Fsp3) is 0.938. The van der Waals surface area contributed by atoms with E-state index >= 15 is 0 Å². The SMILES string of the molecule is CCNC(C)(C)C(=O)NC1CC(C)(C)CC(C)(C)C1. The summed E-state index contributed by atoms with van der Waals surface area (Å²) in [7, 11) is 0. The van der Waals surface area contributed by atoms with Crippen molar-refractivity contribution in [1.29, 1.82) is 0 Å². The van der Waals surface area contributed by atoms with Gasteiger partial charge in [-0.15, -0.1) is 0 Å². The molecule has 0 aromatic heterocycles. The lowest BCUT2D eigenvalue weighted by Crippen LogP contribution is -2.56. The van der Waals surface area contributed by atoms with Gasteiger partial charge >= 0.3 is 0 Å².